The van der Waals surface area contributed by atoms with Crippen LogP contribution >= 0.6 is 0 Å². The van der Waals surface area contributed by atoms with Gasteiger partial charge in [-0.15, -0.1) is 0 Å². The number of carbonyl (C=O) groups is 2. The van der Waals surface area contributed by atoms with Gasteiger partial charge in [0.25, 0.3) is 11.8 Å². The quantitative estimate of drug-likeness (QED) is 0.670. The fourth-order valence-electron chi connectivity index (χ4n) is 3.93. The Morgan fingerprint density at radius 2 is 1.69 bits per heavy atom. The van der Waals surface area contributed by atoms with Crippen molar-refractivity contribution in [2.75, 3.05) is 19.8 Å². The van der Waals surface area contributed by atoms with Crippen LogP contribution < -0.4 is 5.73 Å². The normalized spacial score (nSPS) is 26.7. The maximum atomic E-state index is 13.2. The van der Waals surface area contributed by atoms with E-state index in [9.17, 15) is 9.59 Å². The molecule has 2 aliphatic rings. The monoisotopic (exact) mass is 347 g/mol. The molecule has 1 heterocycles. The van der Waals surface area contributed by atoms with Crippen molar-refractivity contribution in [3.8, 4) is 0 Å². The van der Waals surface area contributed by atoms with E-state index in [0.717, 1.165) is 11.1 Å². The van der Waals surface area contributed by atoms with E-state index < -0.39 is 5.54 Å². The molecule has 1 aliphatic carbocycles. The molecule has 2 aromatic carbocycles. The van der Waals surface area contributed by atoms with Gasteiger partial charge in [-0.3, -0.25) is 9.59 Å². The van der Waals surface area contributed by atoms with E-state index in [2.05, 4.69) is 0 Å². The molecular formula is C21H21N3O2. The van der Waals surface area contributed by atoms with Crippen LogP contribution in [0.1, 0.15) is 23.5 Å². The van der Waals surface area contributed by atoms with Gasteiger partial charge >= 0.3 is 0 Å². The third-order valence-electron chi connectivity index (χ3n) is 5.58. The Morgan fingerprint density at radius 1 is 1.04 bits per heavy atom. The molecule has 0 radical (unpaired) electrons. The van der Waals surface area contributed by atoms with Gasteiger partial charge < -0.3 is 15.5 Å². The average molecular weight is 347 g/mol. The molecule has 2 atom stereocenters. The van der Waals surface area contributed by atoms with E-state index >= 15 is 0 Å². The van der Waals surface area contributed by atoms with Crippen molar-refractivity contribution in [2.24, 2.45) is 0 Å². The number of para-hydroxylation sites is 1. The van der Waals surface area contributed by atoms with Crippen LogP contribution in [0.3, 0.4) is 0 Å². The molecule has 2 aromatic rings. The fourth-order valence-corrected chi connectivity index (χ4v) is 3.93. The van der Waals surface area contributed by atoms with Gasteiger partial charge in [0, 0.05) is 25.7 Å². The predicted octanol–water partition coefficient (Wildman–Crippen LogP) is 2.47. The van der Waals surface area contributed by atoms with Crippen LogP contribution in [0.25, 0.3) is 6.08 Å². The lowest BCUT2D eigenvalue weighted by Crippen LogP contribution is -2.58. The lowest BCUT2D eigenvalue weighted by Gasteiger charge is -2.39. The number of rotatable bonds is 2. The minimum absolute atomic E-state index is 0.0379. The minimum atomic E-state index is -0.771. The summed E-state index contributed by atoms with van der Waals surface area (Å²) in [6.45, 7) is 0. The molecule has 2 fully saturated rings. The average Bonchev–Trinajstić information content (AvgIpc) is 3.41. The van der Waals surface area contributed by atoms with Crippen molar-refractivity contribution in [3.63, 3.8) is 0 Å². The second-order valence-corrected chi connectivity index (χ2v) is 6.98. The molecule has 26 heavy (non-hydrogen) atoms. The van der Waals surface area contributed by atoms with Gasteiger partial charge in [-0.2, -0.15) is 0 Å². The highest BCUT2D eigenvalue weighted by Crippen LogP contribution is 2.58. The summed E-state index contributed by atoms with van der Waals surface area (Å²) in [4.78, 5) is 29.3. The number of nitrogens with zero attached hydrogens (tertiary/aromatic N) is 2. The van der Waals surface area contributed by atoms with Gasteiger partial charge in [-0.1, -0.05) is 48.5 Å². The van der Waals surface area contributed by atoms with Crippen LogP contribution in [0.2, 0.25) is 0 Å². The van der Waals surface area contributed by atoms with E-state index in [4.69, 9.17) is 5.73 Å². The van der Waals surface area contributed by atoms with Crippen LogP contribution in [0.4, 0.5) is 5.69 Å². The highest BCUT2D eigenvalue weighted by Gasteiger charge is 2.68. The first-order valence-electron chi connectivity index (χ1n) is 8.64. The Kier molecular flexibility index (Phi) is 3.61. The van der Waals surface area contributed by atoms with Gasteiger partial charge in [0.1, 0.15) is 11.2 Å². The maximum Gasteiger partial charge on any atom is 0.271 e. The van der Waals surface area contributed by atoms with Crippen molar-refractivity contribution in [1.82, 2.24) is 9.80 Å². The third-order valence-corrected chi connectivity index (χ3v) is 5.58. The van der Waals surface area contributed by atoms with Crippen LogP contribution in [-0.2, 0) is 9.59 Å². The zero-order valence-electron chi connectivity index (χ0n) is 14.8. The SMILES string of the molecule is CN1C(=O)C2(CC2c2ccccc2)N(C)C(=O)/C1=C/c1ccccc1N. The van der Waals surface area contributed by atoms with Gasteiger partial charge in [-0.05, 0) is 29.7 Å². The van der Waals surface area contributed by atoms with Gasteiger partial charge in [-0.25, -0.2) is 0 Å². The van der Waals surface area contributed by atoms with E-state index in [0.29, 0.717) is 17.8 Å². The Balaban J connectivity index is 1.71. The number of carbonyl (C=O) groups excluding carboxylic acids is 2. The Morgan fingerprint density at radius 3 is 2.38 bits per heavy atom. The van der Waals surface area contributed by atoms with Gasteiger partial charge in [0.2, 0.25) is 0 Å². The number of hydrogen-bond donors (Lipinski definition) is 1. The maximum absolute atomic E-state index is 13.2. The van der Waals surface area contributed by atoms with E-state index in [1.165, 1.54) is 4.90 Å². The summed E-state index contributed by atoms with van der Waals surface area (Å²) in [6, 6.07) is 17.2. The smallest absolute Gasteiger partial charge is 0.271 e. The van der Waals surface area contributed by atoms with Gasteiger partial charge in [0.15, 0.2) is 0 Å². The standard InChI is InChI=1S/C21H21N3O2/c1-23-18(12-15-10-6-7-11-17(15)22)19(25)24(2)21(20(23)26)13-16(21)14-8-4-3-5-9-14/h3-12,16H,13,22H2,1-2H3/b18-12-. The summed E-state index contributed by atoms with van der Waals surface area (Å²) in [5.74, 6) is -0.168. The lowest BCUT2D eigenvalue weighted by molar-refractivity contribution is -0.150. The fraction of sp³-hybridized carbons (Fsp3) is 0.238. The third kappa shape index (κ3) is 2.24. The molecule has 4 rings (SSSR count). The molecule has 1 spiro atoms. The molecule has 1 saturated heterocycles. The minimum Gasteiger partial charge on any atom is -0.398 e. The van der Waals surface area contributed by atoms with Crippen molar-refractivity contribution in [2.45, 2.75) is 17.9 Å². The zero-order valence-corrected chi connectivity index (χ0v) is 14.8. The topological polar surface area (TPSA) is 66.6 Å². The molecular weight excluding hydrogens is 326 g/mol. The first kappa shape index (κ1) is 16.4. The molecule has 2 N–H and O–H groups in total. The molecule has 0 bridgehead atoms. The Bertz CT molecular complexity index is 922. The number of hydrogen-bond acceptors (Lipinski definition) is 3. The molecule has 0 aromatic heterocycles. The molecule has 1 saturated carbocycles. The molecule has 5 heteroatoms. The number of piperazine rings is 1. The van der Waals surface area contributed by atoms with Crippen LogP contribution in [0, 0.1) is 0 Å². The summed E-state index contributed by atoms with van der Waals surface area (Å²) in [6.07, 6.45) is 2.35. The summed E-state index contributed by atoms with van der Waals surface area (Å²) in [5, 5.41) is 0. The highest BCUT2D eigenvalue weighted by molar-refractivity contribution is 6.11. The number of anilines is 1. The van der Waals surface area contributed by atoms with Crippen molar-refractivity contribution in [1.29, 1.82) is 0 Å². The molecule has 2 unspecified atom stereocenters. The summed E-state index contributed by atoms with van der Waals surface area (Å²) < 4.78 is 0. The molecule has 2 amide bonds. The molecule has 132 valence electrons. The second-order valence-electron chi connectivity index (χ2n) is 6.98. The lowest BCUT2D eigenvalue weighted by atomic mass is 9.99. The summed E-state index contributed by atoms with van der Waals surface area (Å²) >= 11 is 0. The zero-order chi connectivity index (χ0) is 18.5. The molecule has 5 nitrogen and oxygen atoms in total. The first-order valence-corrected chi connectivity index (χ1v) is 8.64. The van der Waals surface area contributed by atoms with Crippen LogP contribution in [0.15, 0.2) is 60.3 Å². The highest BCUT2D eigenvalue weighted by atomic mass is 16.2. The van der Waals surface area contributed by atoms with E-state index in [-0.39, 0.29) is 17.7 Å². The van der Waals surface area contributed by atoms with Crippen molar-refractivity contribution >= 4 is 23.6 Å². The largest absolute Gasteiger partial charge is 0.398 e. The number of benzene rings is 2. The van der Waals surface area contributed by atoms with E-state index in [1.54, 1.807) is 31.1 Å². The number of likely N-dealkylation sites (N-methyl/N-ethyl adjacent to an activating group) is 2. The number of nitrogen functional groups attached to an aromatic ring is 1. The summed E-state index contributed by atoms with van der Waals surface area (Å²) in [5.41, 5.74) is 7.96. The second kappa shape index (κ2) is 5.73. The van der Waals surface area contributed by atoms with Crippen molar-refractivity contribution < 1.29 is 9.59 Å². The number of amides is 2. The number of nitrogens with two attached hydrogens (primary N) is 1. The predicted molar refractivity (Wildman–Crippen MR) is 101 cm³/mol. The van der Waals surface area contributed by atoms with E-state index in [1.807, 2.05) is 48.5 Å². The first-order chi connectivity index (χ1) is 12.5. The van der Waals surface area contributed by atoms with Crippen LogP contribution in [-0.4, -0.2) is 41.2 Å². The Labute approximate surface area is 152 Å². The van der Waals surface area contributed by atoms with Crippen molar-refractivity contribution in [3.05, 3.63) is 71.4 Å². The Hall–Kier alpha value is -3.08. The van der Waals surface area contributed by atoms with Crippen LogP contribution in [0.5, 0.6) is 0 Å². The summed E-state index contributed by atoms with van der Waals surface area (Å²) in [7, 11) is 3.39. The van der Waals surface area contributed by atoms with Gasteiger partial charge in [0.05, 0.1) is 0 Å². The molecule has 1 aliphatic heterocycles.